The highest BCUT2D eigenvalue weighted by Crippen LogP contribution is 2.35. The van der Waals surface area contributed by atoms with E-state index in [1.165, 1.54) is 0 Å². The molecule has 0 saturated heterocycles. The van der Waals surface area contributed by atoms with E-state index >= 15 is 0 Å². The van der Waals surface area contributed by atoms with Gasteiger partial charge >= 0.3 is 0 Å². The van der Waals surface area contributed by atoms with Crippen LogP contribution in [0.2, 0.25) is 5.02 Å². The molecule has 1 aliphatic rings. The third-order valence-electron chi connectivity index (χ3n) is 3.79. The Bertz CT molecular complexity index is 721. The normalized spacial score (nSPS) is 15.7. The van der Waals surface area contributed by atoms with E-state index in [0.29, 0.717) is 30.5 Å². The first-order chi connectivity index (χ1) is 11.2. The third-order valence-corrected chi connectivity index (χ3v) is 4.03. The second kappa shape index (κ2) is 6.87. The van der Waals surface area contributed by atoms with Crippen LogP contribution in [0.25, 0.3) is 0 Å². The number of aromatic nitrogens is 1. The van der Waals surface area contributed by atoms with Crippen LogP contribution in [0.4, 0.5) is 0 Å². The highest BCUT2D eigenvalue weighted by Gasteiger charge is 2.30. The van der Waals surface area contributed by atoms with Crippen molar-refractivity contribution in [2.24, 2.45) is 0 Å². The summed E-state index contributed by atoms with van der Waals surface area (Å²) in [5, 5.41) is 3.56. The van der Waals surface area contributed by atoms with Gasteiger partial charge in [0.15, 0.2) is 0 Å². The van der Waals surface area contributed by atoms with Crippen LogP contribution in [-0.2, 0) is 11.2 Å². The summed E-state index contributed by atoms with van der Waals surface area (Å²) in [5.41, 5.74) is 1.91. The Morgan fingerprint density at radius 3 is 3.13 bits per heavy atom. The Labute approximate surface area is 139 Å². The van der Waals surface area contributed by atoms with Crippen LogP contribution in [-0.4, -0.2) is 31.2 Å². The maximum Gasteiger partial charge on any atom is 0.231 e. The maximum atomic E-state index is 12.4. The third kappa shape index (κ3) is 3.56. The molecule has 1 aliphatic heterocycles. The Morgan fingerprint density at radius 2 is 2.30 bits per heavy atom. The summed E-state index contributed by atoms with van der Waals surface area (Å²) in [6, 6.07) is 9.12. The summed E-state index contributed by atoms with van der Waals surface area (Å²) in [6.07, 6.45) is 2.40. The number of hydrogen-bond donors (Lipinski definition) is 1. The van der Waals surface area contributed by atoms with Crippen LogP contribution in [0.3, 0.4) is 0 Å². The zero-order chi connectivity index (χ0) is 16.2. The topological polar surface area (TPSA) is 60.5 Å². The number of methoxy groups -OCH3 is 1. The number of ether oxygens (including phenoxy) is 2. The first-order valence-electron chi connectivity index (χ1n) is 7.36. The highest BCUT2D eigenvalue weighted by atomic mass is 35.5. The van der Waals surface area contributed by atoms with Gasteiger partial charge in [0, 0.05) is 29.4 Å². The minimum absolute atomic E-state index is 0.0490. The predicted octanol–water partition coefficient (Wildman–Crippen LogP) is 2.58. The van der Waals surface area contributed by atoms with Crippen LogP contribution in [0.15, 0.2) is 36.5 Å². The summed E-state index contributed by atoms with van der Waals surface area (Å²) < 4.78 is 10.6. The van der Waals surface area contributed by atoms with E-state index in [9.17, 15) is 4.79 Å². The van der Waals surface area contributed by atoms with Crippen LogP contribution in [0, 0.1) is 0 Å². The van der Waals surface area contributed by atoms with Crippen LogP contribution < -0.4 is 14.8 Å². The maximum absolute atomic E-state index is 12.4. The number of halogens is 1. The molecule has 23 heavy (non-hydrogen) atoms. The second-order valence-electron chi connectivity index (χ2n) is 5.29. The summed E-state index contributed by atoms with van der Waals surface area (Å²) >= 11 is 6.00. The summed E-state index contributed by atoms with van der Waals surface area (Å²) in [6.45, 7) is 0.892. The molecule has 1 N–H and O–H groups in total. The number of pyridine rings is 1. The van der Waals surface area contributed by atoms with Gasteiger partial charge < -0.3 is 14.8 Å². The molecule has 1 atom stereocenters. The fraction of sp³-hybridized carbons (Fsp3) is 0.294. The average molecular weight is 333 g/mol. The Hall–Kier alpha value is -2.27. The molecule has 0 fully saturated rings. The zero-order valence-corrected chi connectivity index (χ0v) is 13.5. The van der Waals surface area contributed by atoms with E-state index in [4.69, 9.17) is 21.1 Å². The molecule has 3 rings (SSSR count). The lowest BCUT2D eigenvalue weighted by molar-refractivity contribution is -0.122. The van der Waals surface area contributed by atoms with Crippen LogP contribution in [0.1, 0.15) is 17.0 Å². The van der Waals surface area contributed by atoms with Gasteiger partial charge in [-0.15, -0.1) is 0 Å². The van der Waals surface area contributed by atoms with E-state index in [2.05, 4.69) is 10.3 Å². The molecule has 0 spiro atoms. The summed E-state index contributed by atoms with van der Waals surface area (Å²) in [7, 11) is 1.58. The molecule has 2 heterocycles. The fourth-order valence-corrected chi connectivity index (χ4v) is 2.75. The largest absolute Gasteiger partial charge is 0.492 e. The molecule has 0 radical (unpaired) electrons. The fourth-order valence-electron chi connectivity index (χ4n) is 2.57. The van der Waals surface area contributed by atoms with Gasteiger partial charge in [-0.2, -0.15) is 0 Å². The van der Waals surface area contributed by atoms with Crippen molar-refractivity contribution >= 4 is 17.5 Å². The molecule has 1 aromatic carbocycles. The monoisotopic (exact) mass is 332 g/mol. The predicted molar refractivity (Wildman–Crippen MR) is 87.2 cm³/mol. The summed E-state index contributed by atoms with van der Waals surface area (Å²) in [5.74, 6) is 0.942. The van der Waals surface area contributed by atoms with E-state index in [-0.39, 0.29) is 11.8 Å². The molecule has 120 valence electrons. The quantitative estimate of drug-likeness (QED) is 0.914. The number of carbonyl (C=O) groups excluding carboxylic acids is 1. The molecule has 0 aliphatic carbocycles. The Morgan fingerprint density at radius 1 is 1.43 bits per heavy atom. The first-order valence-corrected chi connectivity index (χ1v) is 7.74. The van der Waals surface area contributed by atoms with E-state index < -0.39 is 0 Å². The van der Waals surface area contributed by atoms with Gasteiger partial charge in [-0.05, 0) is 36.2 Å². The summed E-state index contributed by atoms with van der Waals surface area (Å²) in [4.78, 5) is 16.4. The van der Waals surface area contributed by atoms with Crippen molar-refractivity contribution in [3.8, 4) is 11.6 Å². The SMILES string of the molecule is COc1cc(CCNC(=O)C2COc3ccc(Cl)cc32)ccn1. The highest BCUT2D eigenvalue weighted by molar-refractivity contribution is 6.30. The Balaban J connectivity index is 1.57. The Kier molecular flexibility index (Phi) is 4.67. The molecular weight excluding hydrogens is 316 g/mol. The van der Waals surface area contributed by atoms with Gasteiger partial charge in [-0.1, -0.05) is 11.6 Å². The van der Waals surface area contributed by atoms with Gasteiger partial charge in [0.2, 0.25) is 11.8 Å². The van der Waals surface area contributed by atoms with Gasteiger partial charge in [0.05, 0.1) is 7.11 Å². The van der Waals surface area contributed by atoms with Crippen molar-refractivity contribution in [1.82, 2.24) is 10.3 Å². The molecule has 2 aromatic rings. The smallest absolute Gasteiger partial charge is 0.231 e. The number of benzene rings is 1. The van der Waals surface area contributed by atoms with Crippen molar-refractivity contribution in [2.75, 3.05) is 20.3 Å². The van der Waals surface area contributed by atoms with Gasteiger partial charge in [-0.25, -0.2) is 4.98 Å². The molecule has 5 nitrogen and oxygen atoms in total. The van der Waals surface area contributed by atoms with Crippen LogP contribution >= 0.6 is 11.6 Å². The van der Waals surface area contributed by atoms with Crippen molar-refractivity contribution in [3.05, 3.63) is 52.7 Å². The van der Waals surface area contributed by atoms with Crippen molar-refractivity contribution in [3.63, 3.8) is 0 Å². The van der Waals surface area contributed by atoms with E-state index in [1.807, 2.05) is 12.1 Å². The lowest BCUT2D eigenvalue weighted by Gasteiger charge is -2.10. The minimum atomic E-state index is -0.310. The zero-order valence-electron chi connectivity index (χ0n) is 12.7. The van der Waals surface area contributed by atoms with Crippen molar-refractivity contribution in [2.45, 2.75) is 12.3 Å². The van der Waals surface area contributed by atoms with Gasteiger partial charge in [0.25, 0.3) is 0 Å². The number of hydrogen-bond acceptors (Lipinski definition) is 4. The molecular formula is C17H17ClN2O3. The molecule has 1 amide bonds. The van der Waals surface area contributed by atoms with E-state index in [1.54, 1.807) is 31.5 Å². The number of rotatable bonds is 5. The number of carbonyl (C=O) groups is 1. The van der Waals surface area contributed by atoms with Crippen molar-refractivity contribution in [1.29, 1.82) is 0 Å². The van der Waals surface area contributed by atoms with Crippen molar-refractivity contribution < 1.29 is 14.3 Å². The van der Waals surface area contributed by atoms with E-state index in [0.717, 1.165) is 16.9 Å². The minimum Gasteiger partial charge on any atom is -0.492 e. The number of nitrogens with zero attached hydrogens (tertiary/aromatic N) is 1. The molecule has 6 heteroatoms. The average Bonchev–Trinajstić information content (AvgIpc) is 2.98. The van der Waals surface area contributed by atoms with Crippen LogP contribution in [0.5, 0.6) is 11.6 Å². The number of nitrogens with one attached hydrogen (secondary N) is 1. The molecule has 0 saturated carbocycles. The molecule has 0 bridgehead atoms. The lowest BCUT2D eigenvalue weighted by atomic mass is 10.0. The molecule has 1 unspecified atom stereocenters. The second-order valence-corrected chi connectivity index (χ2v) is 5.73. The van der Waals surface area contributed by atoms with Gasteiger partial charge in [0.1, 0.15) is 18.3 Å². The lowest BCUT2D eigenvalue weighted by Crippen LogP contribution is -2.31. The number of amides is 1. The number of fused-ring (bicyclic) bond motifs is 1. The molecule has 1 aromatic heterocycles. The first kappa shape index (κ1) is 15.6. The van der Waals surface area contributed by atoms with Gasteiger partial charge in [-0.3, -0.25) is 4.79 Å². The standard InChI is InChI=1S/C17H17ClN2O3/c1-22-16-8-11(4-6-19-16)5-7-20-17(21)14-10-23-15-3-2-12(18)9-13(14)15/h2-4,6,8-9,14H,5,7,10H2,1H3,(H,20,21).